The molecule has 1 aromatic carbocycles. The molecular formula is C15H22O. The largest absolute Gasteiger partial charge is 0.489 e. The van der Waals surface area contributed by atoms with Crippen LogP contribution in [0.4, 0.5) is 0 Å². The first-order valence-electron chi connectivity index (χ1n) is 5.86. The van der Waals surface area contributed by atoms with Crippen molar-refractivity contribution >= 4 is 0 Å². The first-order valence-corrected chi connectivity index (χ1v) is 5.86. The molecule has 0 fully saturated rings. The second kappa shape index (κ2) is 5.74. The van der Waals surface area contributed by atoms with Gasteiger partial charge in [-0.3, -0.25) is 0 Å². The summed E-state index contributed by atoms with van der Waals surface area (Å²) in [6.45, 7) is 13.0. The number of benzene rings is 1. The standard InChI is InChI=1S/C15H22O/c1-11(2)9-14-8-6-7-13(5)15(14)16-10-12(3)4/h6-8,11H,3,9-10H2,1-2,4-5H3. The number of hydrogen-bond acceptors (Lipinski definition) is 1. The van der Waals surface area contributed by atoms with Gasteiger partial charge >= 0.3 is 0 Å². The lowest BCUT2D eigenvalue weighted by Crippen LogP contribution is -2.04. The van der Waals surface area contributed by atoms with E-state index in [2.05, 4.69) is 45.5 Å². The van der Waals surface area contributed by atoms with Crippen LogP contribution in [0.5, 0.6) is 5.75 Å². The van der Waals surface area contributed by atoms with Crippen molar-refractivity contribution in [1.82, 2.24) is 0 Å². The van der Waals surface area contributed by atoms with E-state index in [1.54, 1.807) is 0 Å². The summed E-state index contributed by atoms with van der Waals surface area (Å²) >= 11 is 0. The summed E-state index contributed by atoms with van der Waals surface area (Å²) in [5.41, 5.74) is 3.56. The van der Waals surface area contributed by atoms with Gasteiger partial charge in [0.1, 0.15) is 12.4 Å². The molecule has 0 saturated carbocycles. The van der Waals surface area contributed by atoms with Gasteiger partial charge in [0.15, 0.2) is 0 Å². The van der Waals surface area contributed by atoms with Crippen LogP contribution in [-0.2, 0) is 6.42 Å². The molecule has 0 saturated heterocycles. The molecule has 0 heterocycles. The summed E-state index contributed by atoms with van der Waals surface area (Å²) in [5.74, 6) is 1.69. The van der Waals surface area contributed by atoms with E-state index in [0.717, 1.165) is 17.7 Å². The number of rotatable bonds is 5. The smallest absolute Gasteiger partial charge is 0.125 e. The maximum absolute atomic E-state index is 5.83. The molecule has 0 aromatic heterocycles. The van der Waals surface area contributed by atoms with Crippen LogP contribution in [0.2, 0.25) is 0 Å². The van der Waals surface area contributed by atoms with E-state index in [9.17, 15) is 0 Å². The molecule has 1 heteroatoms. The minimum atomic E-state index is 0.607. The Morgan fingerprint density at radius 3 is 2.62 bits per heavy atom. The van der Waals surface area contributed by atoms with Crippen LogP contribution in [0.1, 0.15) is 31.9 Å². The van der Waals surface area contributed by atoms with E-state index in [1.165, 1.54) is 11.1 Å². The van der Waals surface area contributed by atoms with Gasteiger partial charge in [0.2, 0.25) is 0 Å². The third-order valence-electron chi connectivity index (χ3n) is 2.38. The molecule has 0 bridgehead atoms. The zero-order valence-electron chi connectivity index (χ0n) is 10.8. The quantitative estimate of drug-likeness (QED) is 0.675. The second-order valence-corrected chi connectivity index (χ2v) is 4.91. The Balaban J connectivity index is 2.89. The molecule has 0 N–H and O–H groups in total. The number of ether oxygens (including phenoxy) is 1. The van der Waals surface area contributed by atoms with Crippen molar-refractivity contribution in [3.05, 3.63) is 41.5 Å². The summed E-state index contributed by atoms with van der Waals surface area (Å²) in [7, 11) is 0. The fraction of sp³-hybridized carbons (Fsp3) is 0.467. The Morgan fingerprint density at radius 1 is 1.38 bits per heavy atom. The van der Waals surface area contributed by atoms with E-state index in [0.29, 0.717) is 12.5 Å². The lowest BCUT2D eigenvalue weighted by Gasteiger charge is -2.15. The highest BCUT2D eigenvalue weighted by Crippen LogP contribution is 2.26. The monoisotopic (exact) mass is 218 g/mol. The van der Waals surface area contributed by atoms with Crippen LogP contribution in [0.15, 0.2) is 30.4 Å². The molecule has 88 valence electrons. The third-order valence-corrected chi connectivity index (χ3v) is 2.38. The summed E-state index contributed by atoms with van der Waals surface area (Å²) in [6.07, 6.45) is 1.06. The highest BCUT2D eigenvalue weighted by Gasteiger charge is 2.08. The third kappa shape index (κ3) is 3.73. The van der Waals surface area contributed by atoms with E-state index in [1.807, 2.05) is 6.92 Å². The molecule has 0 unspecified atom stereocenters. The molecule has 0 amide bonds. The summed E-state index contributed by atoms with van der Waals surface area (Å²) in [5, 5.41) is 0. The predicted molar refractivity (Wildman–Crippen MR) is 70.0 cm³/mol. The summed E-state index contributed by atoms with van der Waals surface area (Å²) in [4.78, 5) is 0. The molecule has 0 atom stereocenters. The van der Waals surface area contributed by atoms with Crippen molar-refractivity contribution < 1.29 is 4.74 Å². The van der Waals surface area contributed by atoms with Gasteiger partial charge in [-0.1, -0.05) is 38.6 Å². The van der Waals surface area contributed by atoms with Crippen LogP contribution < -0.4 is 4.74 Å². The Bertz CT molecular complexity index is 364. The molecule has 0 aliphatic heterocycles. The topological polar surface area (TPSA) is 9.23 Å². The lowest BCUT2D eigenvalue weighted by atomic mass is 10.00. The number of hydrogen-bond donors (Lipinski definition) is 0. The SMILES string of the molecule is C=C(C)COc1c(C)cccc1CC(C)C. The normalized spacial score (nSPS) is 10.6. The van der Waals surface area contributed by atoms with Gasteiger partial charge in [-0.15, -0.1) is 0 Å². The van der Waals surface area contributed by atoms with Crippen molar-refractivity contribution in [3.63, 3.8) is 0 Å². The van der Waals surface area contributed by atoms with Crippen LogP contribution in [0.3, 0.4) is 0 Å². The Morgan fingerprint density at radius 2 is 2.06 bits per heavy atom. The zero-order valence-corrected chi connectivity index (χ0v) is 10.8. The van der Waals surface area contributed by atoms with Gasteiger partial charge in [-0.05, 0) is 42.9 Å². The minimum Gasteiger partial charge on any atom is -0.489 e. The van der Waals surface area contributed by atoms with Crippen LogP contribution >= 0.6 is 0 Å². The molecule has 0 radical (unpaired) electrons. The lowest BCUT2D eigenvalue weighted by molar-refractivity contribution is 0.344. The molecule has 0 spiro atoms. The summed E-state index contributed by atoms with van der Waals surface area (Å²) < 4.78 is 5.83. The van der Waals surface area contributed by atoms with E-state index < -0.39 is 0 Å². The molecule has 1 rings (SSSR count). The highest BCUT2D eigenvalue weighted by atomic mass is 16.5. The maximum Gasteiger partial charge on any atom is 0.125 e. The van der Waals surface area contributed by atoms with E-state index in [-0.39, 0.29) is 0 Å². The molecule has 1 nitrogen and oxygen atoms in total. The van der Waals surface area contributed by atoms with Crippen molar-refractivity contribution in [2.45, 2.75) is 34.1 Å². The average molecular weight is 218 g/mol. The maximum atomic E-state index is 5.83. The average Bonchev–Trinajstić information content (AvgIpc) is 2.15. The number of aryl methyl sites for hydroxylation is 1. The zero-order chi connectivity index (χ0) is 12.1. The molecule has 1 aromatic rings. The Labute approximate surface area is 99.1 Å². The van der Waals surface area contributed by atoms with Crippen LogP contribution in [0.25, 0.3) is 0 Å². The van der Waals surface area contributed by atoms with Gasteiger partial charge in [-0.2, -0.15) is 0 Å². The van der Waals surface area contributed by atoms with E-state index in [4.69, 9.17) is 4.74 Å². The Hall–Kier alpha value is -1.24. The van der Waals surface area contributed by atoms with Crippen molar-refractivity contribution in [1.29, 1.82) is 0 Å². The van der Waals surface area contributed by atoms with Crippen molar-refractivity contribution in [2.75, 3.05) is 6.61 Å². The van der Waals surface area contributed by atoms with Gasteiger partial charge in [0.05, 0.1) is 0 Å². The second-order valence-electron chi connectivity index (χ2n) is 4.91. The van der Waals surface area contributed by atoms with Gasteiger partial charge in [0, 0.05) is 0 Å². The molecule has 0 aliphatic carbocycles. The van der Waals surface area contributed by atoms with Crippen molar-refractivity contribution in [2.24, 2.45) is 5.92 Å². The minimum absolute atomic E-state index is 0.607. The van der Waals surface area contributed by atoms with Crippen LogP contribution in [0, 0.1) is 12.8 Å². The van der Waals surface area contributed by atoms with Gasteiger partial charge in [-0.25, -0.2) is 0 Å². The van der Waals surface area contributed by atoms with Gasteiger partial charge < -0.3 is 4.74 Å². The first kappa shape index (κ1) is 12.8. The molecule has 0 aliphatic rings. The summed E-state index contributed by atoms with van der Waals surface area (Å²) in [6, 6.07) is 6.35. The van der Waals surface area contributed by atoms with Crippen molar-refractivity contribution in [3.8, 4) is 5.75 Å². The van der Waals surface area contributed by atoms with Gasteiger partial charge in [0.25, 0.3) is 0 Å². The number of para-hydroxylation sites is 1. The molecular weight excluding hydrogens is 196 g/mol. The predicted octanol–water partition coefficient (Wildman–Crippen LogP) is 4.15. The fourth-order valence-electron chi connectivity index (χ4n) is 1.72. The molecule has 16 heavy (non-hydrogen) atoms. The van der Waals surface area contributed by atoms with Crippen LogP contribution in [-0.4, -0.2) is 6.61 Å². The fourth-order valence-corrected chi connectivity index (χ4v) is 1.72. The first-order chi connectivity index (χ1) is 7.50. The Kier molecular flexibility index (Phi) is 4.60. The van der Waals surface area contributed by atoms with E-state index >= 15 is 0 Å². The highest BCUT2D eigenvalue weighted by molar-refractivity contribution is 5.41.